The van der Waals surface area contributed by atoms with Gasteiger partial charge in [-0.2, -0.15) is 0 Å². The summed E-state index contributed by atoms with van der Waals surface area (Å²) in [4.78, 5) is 10.8. The zero-order chi connectivity index (χ0) is 10.8. The Hall–Kier alpha value is -0.610. The second-order valence-corrected chi connectivity index (χ2v) is 3.33. The lowest BCUT2D eigenvalue weighted by Crippen LogP contribution is -2.38. The number of methoxy groups -OCH3 is 1. The van der Waals surface area contributed by atoms with E-state index in [-0.39, 0.29) is 0 Å². The van der Waals surface area contributed by atoms with Crippen LogP contribution >= 0.6 is 0 Å². The van der Waals surface area contributed by atoms with E-state index < -0.39 is 12.0 Å². The highest BCUT2D eigenvalue weighted by Crippen LogP contribution is 2.03. The van der Waals surface area contributed by atoms with Crippen LogP contribution in [0.3, 0.4) is 0 Å². The quantitative estimate of drug-likeness (QED) is 0.554. The number of nitrogens with one attached hydrogen (secondary N) is 1. The van der Waals surface area contributed by atoms with Crippen LogP contribution in [0.15, 0.2) is 0 Å². The van der Waals surface area contributed by atoms with Crippen molar-refractivity contribution in [3.05, 3.63) is 0 Å². The van der Waals surface area contributed by atoms with E-state index in [1.54, 1.807) is 7.11 Å². The molecule has 0 rings (SSSR count). The number of carbonyl (C=O) groups is 1. The Bertz CT molecular complexity index is 140. The zero-order valence-corrected chi connectivity index (χ0v) is 9.08. The molecule has 0 aliphatic carbocycles. The zero-order valence-electron chi connectivity index (χ0n) is 9.08. The molecule has 1 atom stereocenters. The highest BCUT2D eigenvalue weighted by molar-refractivity contribution is 5.73. The molecule has 0 amide bonds. The van der Waals surface area contributed by atoms with Gasteiger partial charge >= 0.3 is 5.97 Å². The minimum atomic E-state index is -0.766. The van der Waals surface area contributed by atoms with Crippen LogP contribution in [0.1, 0.15) is 32.6 Å². The molecule has 4 heteroatoms. The summed E-state index contributed by atoms with van der Waals surface area (Å²) >= 11 is 0. The maximum Gasteiger partial charge on any atom is 0.320 e. The van der Waals surface area contributed by atoms with Gasteiger partial charge in [0.05, 0.1) is 6.61 Å². The maximum atomic E-state index is 10.8. The molecule has 0 aromatic carbocycles. The van der Waals surface area contributed by atoms with Crippen molar-refractivity contribution in [2.75, 3.05) is 20.3 Å². The number of rotatable bonds is 9. The Balaban J connectivity index is 3.61. The van der Waals surface area contributed by atoms with E-state index in [2.05, 4.69) is 12.2 Å². The molecule has 0 aromatic heterocycles. The van der Waals surface area contributed by atoms with Gasteiger partial charge in [0, 0.05) is 13.7 Å². The van der Waals surface area contributed by atoms with E-state index >= 15 is 0 Å². The summed E-state index contributed by atoms with van der Waals surface area (Å²) in [7, 11) is 1.61. The van der Waals surface area contributed by atoms with E-state index in [1.807, 2.05) is 0 Å². The van der Waals surface area contributed by atoms with Crippen LogP contribution in [0.4, 0.5) is 0 Å². The number of carboxylic acids is 1. The molecule has 0 bridgehead atoms. The van der Waals surface area contributed by atoms with Gasteiger partial charge in [-0.1, -0.05) is 26.2 Å². The van der Waals surface area contributed by atoms with Crippen molar-refractivity contribution in [1.82, 2.24) is 5.32 Å². The van der Waals surface area contributed by atoms with Crippen molar-refractivity contribution in [2.45, 2.75) is 38.6 Å². The standard InChI is InChI=1S/C10H21NO3/c1-3-4-5-6-9(10(12)13)11-7-8-14-2/h9,11H,3-8H2,1-2H3,(H,12,13). The van der Waals surface area contributed by atoms with Gasteiger partial charge in [-0.15, -0.1) is 0 Å². The molecule has 0 heterocycles. The van der Waals surface area contributed by atoms with Gasteiger partial charge in [0.2, 0.25) is 0 Å². The Kier molecular flexibility index (Phi) is 8.57. The van der Waals surface area contributed by atoms with Crippen LogP contribution in [0.2, 0.25) is 0 Å². The smallest absolute Gasteiger partial charge is 0.320 e. The minimum Gasteiger partial charge on any atom is -0.480 e. The summed E-state index contributed by atoms with van der Waals surface area (Å²) < 4.78 is 4.84. The molecule has 0 aliphatic heterocycles. The highest BCUT2D eigenvalue weighted by atomic mass is 16.5. The summed E-state index contributed by atoms with van der Waals surface area (Å²) in [6, 6.07) is -0.420. The molecule has 2 N–H and O–H groups in total. The highest BCUT2D eigenvalue weighted by Gasteiger charge is 2.14. The lowest BCUT2D eigenvalue weighted by molar-refractivity contribution is -0.139. The van der Waals surface area contributed by atoms with Gasteiger partial charge in [0.1, 0.15) is 6.04 Å². The van der Waals surface area contributed by atoms with E-state index in [1.165, 1.54) is 0 Å². The molecule has 0 aromatic rings. The summed E-state index contributed by atoms with van der Waals surface area (Å²) in [6.45, 7) is 3.26. The molecule has 84 valence electrons. The number of unbranched alkanes of at least 4 members (excludes halogenated alkanes) is 2. The molecule has 0 spiro atoms. The van der Waals surface area contributed by atoms with Gasteiger partial charge in [0.15, 0.2) is 0 Å². The first-order chi connectivity index (χ1) is 6.72. The molecular formula is C10H21NO3. The van der Waals surface area contributed by atoms with Crippen LogP contribution in [0, 0.1) is 0 Å². The molecule has 0 saturated carbocycles. The van der Waals surface area contributed by atoms with E-state index in [0.29, 0.717) is 19.6 Å². The minimum absolute atomic E-state index is 0.420. The summed E-state index contributed by atoms with van der Waals surface area (Å²) in [5.74, 6) is -0.766. The largest absolute Gasteiger partial charge is 0.480 e. The van der Waals surface area contributed by atoms with Crippen LogP contribution in [-0.2, 0) is 9.53 Å². The van der Waals surface area contributed by atoms with E-state index in [4.69, 9.17) is 9.84 Å². The molecule has 0 aliphatic rings. The first kappa shape index (κ1) is 13.4. The lowest BCUT2D eigenvalue weighted by Gasteiger charge is -2.13. The molecule has 14 heavy (non-hydrogen) atoms. The average molecular weight is 203 g/mol. The molecular weight excluding hydrogens is 182 g/mol. The van der Waals surface area contributed by atoms with Crippen molar-refractivity contribution in [3.8, 4) is 0 Å². The Morgan fingerprint density at radius 1 is 1.50 bits per heavy atom. The summed E-state index contributed by atoms with van der Waals surface area (Å²) in [6.07, 6.45) is 3.88. The van der Waals surface area contributed by atoms with E-state index in [9.17, 15) is 4.79 Å². The summed E-state index contributed by atoms with van der Waals surface area (Å²) in [5.41, 5.74) is 0. The monoisotopic (exact) mass is 203 g/mol. The molecule has 4 nitrogen and oxygen atoms in total. The predicted octanol–water partition coefficient (Wildman–Crippen LogP) is 1.26. The first-order valence-electron chi connectivity index (χ1n) is 5.17. The fourth-order valence-electron chi connectivity index (χ4n) is 1.25. The lowest BCUT2D eigenvalue weighted by atomic mass is 10.1. The topological polar surface area (TPSA) is 58.6 Å². The first-order valence-corrected chi connectivity index (χ1v) is 5.17. The third kappa shape index (κ3) is 6.86. The van der Waals surface area contributed by atoms with Crippen LogP contribution in [-0.4, -0.2) is 37.4 Å². The summed E-state index contributed by atoms with van der Waals surface area (Å²) in [5, 5.41) is 11.8. The third-order valence-corrected chi connectivity index (χ3v) is 2.09. The Morgan fingerprint density at radius 2 is 2.21 bits per heavy atom. The van der Waals surface area contributed by atoms with Gasteiger partial charge in [-0.25, -0.2) is 0 Å². The number of aliphatic carboxylic acids is 1. The fraction of sp³-hybridized carbons (Fsp3) is 0.900. The number of hydrogen-bond donors (Lipinski definition) is 2. The Labute approximate surface area is 85.6 Å². The number of ether oxygens (including phenoxy) is 1. The third-order valence-electron chi connectivity index (χ3n) is 2.09. The molecule has 1 unspecified atom stereocenters. The van der Waals surface area contributed by atoms with Crippen LogP contribution in [0.25, 0.3) is 0 Å². The van der Waals surface area contributed by atoms with Crippen LogP contribution in [0.5, 0.6) is 0 Å². The number of carboxylic acid groups (broad SMARTS) is 1. The predicted molar refractivity (Wildman–Crippen MR) is 55.4 cm³/mol. The van der Waals surface area contributed by atoms with Crippen molar-refractivity contribution in [3.63, 3.8) is 0 Å². The van der Waals surface area contributed by atoms with Crippen molar-refractivity contribution >= 4 is 5.97 Å². The Morgan fingerprint density at radius 3 is 2.71 bits per heavy atom. The SMILES string of the molecule is CCCCCC(NCCOC)C(=O)O. The van der Waals surface area contributed by atoms with Gasteiger partial charge in [-0.3, -0.25) is 4.79 Å². The molecule has 0 radical (unpaired) electrons. The normalized spacial score (nSPS) is 12.7. The van der Waals surface area contributed by atoms with Crippen molar-refractivity contribution in [2.24, 2.45) is 0 Å². The van der Waals surface area contributed by atoms with E-state index in [0.717, 1.165) is 19.3 Å². The van der Waals surface area contributed by atoms with Gasteiger partial charge in [0.25, 0.3) is 0 Å². The van der Waals surface area contributed by atoms with Crippen molar-refractivity contribution in [1.29, 1.82) is 0 Å². The molecule has 0 saturated heterocycles. The second kappa shape index (κ2) is 8.97. The van der Waals surface area contributed by atoms with Crippen molar-refractivity contribution < 1.29 is 14.6 Å². The van der Waals surface area contributed by atoms with Gasteiger partial charge < -0.3 is 15.2 Å². The second-order valence-electron chi connectivity index (χ2n) is 3.33. The molecule has 0 fully saturated rings. The number of hydrogen-bond acceptors (Lipinski definition) is 3. The van der Waals surface area contributed by atoms with Gasteiger partial charge in [-0.05, 0) is 6.42 Å². The fourth-order valence-corrected chi connectivity index (χ4v) is 1.25. The van der Waals surface area contributed by atoms with Crippen LogP contribution < -0.4 is 5.32 Å². The average Bonchev–Trinajstić information content (AvgIpc) is 2.15. The maximum absolute atomic E-state index is 10.8.